The van der Waals surface area contributed by atoms with Crippen molar-refractivity contribution in [1.82, 2.24) is 5.32 Å². The molecular formula is C19H19NO6. The third kappa shape index (κ3) is 3.46. The molecule has 0 unspecified atom stereocenters. The minimum atomic E-state index is -0.218. The Bertz CT molecular complexity index is 822. The first kappa shape index (κ1) is 16.4. The number of hydrogen-bond acceptors (Lipinski definition) is 6. The van der Waals surface area contributed by atoms with Crippen molar-refractivity contribution in [2.24, 2.45) is 0 Å². The van der Waals surface area contributed by atoms with Crippen molar-refractivity contribution in [2.45, 2.75) is 13.0 Å². The van der Waals surface area contributed by atoms with E-state index in [0.717, 1.165) is 11.3 Å². The van der Waals surface area contributed by atoms with Crippen molar-refractivity contribution in [3.8, 4) is 28.7 Å². The lowest BCUT2D eigenvalue weighted by molar-refractivity contribution is -0.123. The smallest absolute Gasteiger partial charge is 0.258 e. The molecule has 0 bridgehead atoms. The Morgan fingerprint density at radius 3 is 2.58 bits per heavy atom. The van der Waals surface area contributed by atoms with E-state index in [0.29, 0.717) is 36.2 Å². The summed E-state index contributed by atoms with van der Waals surface area (Å²) in [5.41, 5.74) is 0.936. The number of amides is 1. The molecule has 0 spiro atoms. The van der Waals surface area contributed by atoms with Crippen LogP contribution in [0.25, 0.3) is 0 Å². The molecule has 0 radical (unpaired) electrons. The molecule has 2 heterocycles. The van der Waals surface area contributed by atoms with Gasteiger partial charge in [0, 0.05) is 6.07 Å². The van der Waals surface area contributed by atoms with Crippen molar-refractivity contribution in [1.29, 1.82) is 0 Å². The first-order chi connectivity index (χ1) is 12.7. The molecule has 0 aromatic heterocycles. The molecule has 0 saturated carbocycles. The summed E-state index contributed by atoms with van der Waals surface area (Å²) in [5, 5.41) is 2.91. The lowest BCUT2D eigenvalue weighted by atomic mass is 10.1. The zero-order chi connectivity index (χ0) is 17.9. The summed E-state index contributed by atoms with van der Waals surface area (Å²) in [6.07, 6.45) is 0. The fraction of sp³-hybridized carbons (Fsp3) is 0.316. The van der Waals surface area contributed by atoms with Gasteiger partial charge in [0.1, 0.15) is 19.0 Å². The van der Waals surface area contributed by atoms with Gasteiger partial charge >= 0.3 is 0 Å². The first-order valence-corrected chi connectivity index (χ1v) is 8.40. The number of carbonyl (C=O) groups is 1. The number of benzene rings is 2. The van der Waals surface area contributed by atoms with E-state index in [-0.39, 0.29) is 25.3 Å². The van der Waals surface area contributed by atoms with Crippen molar-refractivity contribution in [2.75, 3.05) is 26.6 Å². The molecule has 136 valence electrons. The number of ether oxygens (including phenoxy) is 5. The van der Waals surface area contributed by atoms with Crippen LogP contribution in [0.5, 0.6) is 28.7 Å². The van der Waals surface area contributed by atoms with Gasteiger partial charge in [-0.1, -0.05) is 6.07 Å². The average molecular weight is 357 g/mol. The summed E-state index contributed by atoms with van der Waals surface area (Å²) in [6, 6.07) is 10.7. The molecule has 7 heteroatoms. The minimum Gasteiger partial charge on any atom is -0.486 e. The topological polar surface area (TPSA) is 75.3 Å². The highest BCUT2D eigenvalue weighted by Crippen LogP contribution is 2.35. The largest absolute Gasteiger partial charge is 0.486 e. The zero-order valence-electron chi connectivity index (χ0n) is 14.3. The van der Waals surface area contributed by atoms with Crippen LogP contribution in [0.4, 0.5) is 0 Å². The molecule has 2 aromatic rings. The highest BCUT2D eigenvalue weighted by atomic mass is 16.7. The Kier molecular flexibility index (Phi) is 4.43. The fourth-order valence-electron chi connectivity index (χ4n) is 2.81. The quantitative estimate of drug-likeness (QED) is 0.886. The summed E-state index contributed by atoms with van der Waals surface area (Å²) in [7, 11) is 0. The van der Waals surface area contributed by atoms with E-state index in [2.05, 4.69) is 5.32 Å². The van der Waals surface area contributed by atoms with Crippen LogP contribution in [0, 0.1) is 0 Å². The maximum Gasteiger partial charge on any atom is 0.258 e. The molecule has 1 amide bonds. The van der Waals surface area contributed by atoms with Gasteiger partial charge in [0.2, 0.25) is 6.79 Å². The highest BCUT2D eigenvalue weighted by Gasteiger charge is 2.17. The van der Waals surface area contributed by atoms with Crippen molar-refractivity contribution in [3.05, 3.63) is 42.0 Å². The second-order valence-electron chi connectivity index (χ2n) is 6.00. The Labute approximate surface area is 150 Å². The van der Waals surface area contributed by atoms with E-state index in [1.807, 2.05) is 25.1 Å². The summed E-state index contributed by atoms with van der Waals surface area (Å²) >= 11 is 0. The maximum absolute atomic E-state index is 12.2. The van der Waals surface area contributed by atoms with Gasteiger partial charge in [0.25, 0.3) is 5.91 Å². The van der Waals surface area contributed by atoms with E-state index in [1.165, 1.54) is 0 Å². The monoisotopic (exact) mass is 357 g/mol. The Morgan fingerprint density at radius 1 is 1.00 bits per heavy atom. The molecule has 2 aromatic carbocycles. The van der Waals surface area contributed by atoms with E-state index >= 15 is 0 Å². The van der Waals surface area contributed by atoms with Gasteiger partial charge in [0.15, 0.2) is 29.6 Å². The molecule has 0 fully saturated rings. The fourth-order valence-corrected chi connectivity index (χ4v) is 2.81. The molecular weight excluding hydrogens is 338 g/mol. The third-order valence-electron chi connectivity index (χ3n) is 4.16. The lowest BCUT2D eigenvalue weighted by Gasteiger charge is -2.21. The number of hydrogen-bond donors (Lipinski definition) is 1. The molecule has 26 heavy (non-hydrogen) atoms. The molecule has 0 aliphatic carbocycles. The zero-order valence-corrected chi connectivity index (χ0v) is 14.3. The van der Waals surface area contributed by atoms with Crippen LogP contribution in [-0.4, -0.2) is 32.5 Å². The SMILES string of the molecule is C[C@@H](NC(=O)COc1ccc2c(c1)OCO2)c1ccc2c(c1)OCCO2. The Balaban J connectivity index is 1.33. The highest BCUT2D eigenvalue weighted by molar-refractivity contribution is 5.78. The predicted molar refractivity (Wildman–Crippen MR) is 92.0 cm³/mol. The predicted octanol–water partition coefficient (Wildman–Crippen LogP) is 2.44. The van der Waals surface area contributed by atoms with Gasteiger partial charge in [-0.05, 0) is 36.8 Å². The maximum atomic E-state index is 12.2. The lowest BCUT2D eigenvalue weighted by Crippen LogP contribution is -2.31. The van der Waals surface area contributed by atoms with Crippen LogP contribution in [0.3, 0.4) is 0 Å². The van der Waals surface area contributed by atoms with Crippen molar-refractivity contribution < 1.29 is 28.5 Å². The molecule has 4 rings (SSSR count). The molecule has 1 N–H and O–H groups in total. The van der Waals surface area contributed by atoms with Crippen LogP contribution in [0.1, 0.15) is 18.5 Å². The van der Waals surface area contributed by atoms with E-state index in [4.69, 9.17) is 23.7 Å². The Hall–Kier alpha value is -3.09. The first-order valence-electron chi connectivity index (χ1n) is 8.40. The molecule has 2 aliphatic rings. The number of rotatable bonds is 5. The molecule has 1 atom stereocenters. The third-order valence-corrected chi connectivity index (χ3v) is 4.16. The summed E-state index contributed by atoms with van der Waals surface area (Å²) in [4.78, 5) is 12.2. The van der Waals surface area contributed by atoms with Gasteiger partial charge < -0.3 is 29.0 Å². The van der Waals surface area contributed by atoms with E-state index < -0.39 is 0 Å². The molecule has 7 nitrogen and oxygen atoms in total. The van der Waals surface area contributed by atoms with Crippen LogP contribution in [0.2, 0.25) is 0 Å². The summed E-state index contributed by atoms with van der Waals surface area (Å²) in [6.45, 7) is 3.10. The van der Waals surface area contributed by atoms with Crippen LogP contribution >= 0.6 is 0 Å². The minimum absolute atomic E-state index is 0.0888. The normalized spacial score (nSPS) is 15.3. The van der Waals surface area contributed by atoms with Crippen LogP contribution in [0.15, 0.2) is 36.4 Å². The number of nitrogens with one attached hydrogen (secondary N) is 1. The average Bonchev–Trinajstić information content (AvgIpc) is 3.13. The van der Waals surface area contributed by atoms with Crippen molar-refractivity contribution in [3.63, 3.8) is 0 Å². The van der Waals surface area contributed by atoms with Gasteiger partial charge in [-0.25, -0.2) is 0 Å². The van der Waals surface area contributed by atoms with Crippen LogP contribution in [-0.2, 0) is 4.79 Å². The molecule has 2 aliphatic heterocycles. The van der Waals surface area contributed by atoms with Gasteiger partial charge in [0.05, 0.1) is 6.04 Å². The van der Waals surface area contributed by atoms with Gasteiger partial charge in [-0.15, -0.1) is 0 Å². The van der Waals surface area contributed by atoms with Crippen molar-refractivity contribution >= 4 is 5.91 Å². The second-order valence-corrected chi connectivity index (χ2v) is 6.00. The second kappa shape index (κ2) is 7.03. The number of fused-ring (bicyclic) bond motifs is 2. The standard InChI is InChI=1S/C19H19NO6/c1-12(13-2-4-15-17(8-13)23-7-6-22-15)20-19(21)10-24-14-3-5-16-18(9-14)26-11-25-16/h2-5,8-9,12H,6-7,10-11H2,1H3,(H,20,21)/t12-/m1/s1. The summed E-state index contributed by atoms with van der Waals surface area (Å²) in [5.74, 6) is 3.05. The van der Waals surface area contributed by atoms with Gasteiger partial charge in [-0.3, -0.25) is 4.79 Å². The summed E-state index contributed by atoms with van der Waals surface area (Å²) < 4.78 is 27.1. The van der Waals surface area contributed by atoms with Gasteiger partial charge in [-0.2, -0.15) is 0 Å². The van der Waals surface area contributed by atoms with E-state index in [1.54, 1.807) is 18.2 Å². The Morgan fingerprint density at radius 2 is 1.69 bits per heavy atom. The number of carbonyl (C=O) groups excluding carboxylic acids is 1. The van der Waals surface area contributed by atoms with Crippen LogP contribution < -0.4 is 29.0 Å². The molecule has 0 saturated heterocycles. The van der Waals surface area contributed by atoms with E-state index in [9.17, 15) is 4.79 Å².